The fourth-order valence-corrected chi connectivity index (χ4v) is 4.52. The van der Waals surface area contributed by atoms with Crippen LogP contribution in [0.4, 0.5) is 13.2 Å². The van der Waals surface area contributed by atoms with Crippen LogP contribution in [0.5, 0.6) is 5.75 Å². The molecule has 2 heterocycles. The van der Waals surface area contributed by atoms with Crippen molar-refractivity contribution in [1.82, 2.24) is 20.0 Å². The Hall–Kier alpha value is -2.55. The highest BCUT2D eigenvalue weighted by atomic mass is 19.4. The summed E-state index contributed by atoms with van der Waals surface area (Å²) in [7, 11) is 0. The number of fused-ring (bicyclic) bond motifs is 1. The number of benzene rings is 1. The van der Waals surface area contributed by atoms with Gasteiger partial charge in [-0.15, -0.1) is 13.2 Å². The number of alkyl halides is 3. The Morgan fingerprint density at radius 1 is 1.30 bits per heavy atom. The molecular weight excluding hydrogens is 397 g/mol. The van der Waals surface area contributed by atoms with Gasteiger partial charge in [-0.2, -0.15) is 5.10 Å². The molecule has 6 nitrogen and oxygen atoms in total. The van der Waals surface area contributed by atoms with Crippen molar-refractivity contribution >= 4 is 5.91 Å². The zero-order valence-electron chi connectivity index (χ0n) is 16.9. The maximum atomic E-state index is 12.3. The summed E-state index contributed by atoms with van der Waals surface area (Å²) in [5.74, 6) is 0.778. The monoisotopic (exact) mass is 422 g/mol. The number of carbonyl (C=O) groups is 1. The Morgan fingerprint density at radius 2 is 2.03 bits per heavy atom. The van der Waals surface area contributed by atoms with Crippen molar-refractivity contribution in [2.75, 3.05) is 19.6 Å². The largest absolute Gasteiger partial charge is 0.573 e. The number of nitrogens with zero attached hydrogens (tertiary/aromatic N) is 3. The average molecular weight is 422 g/mol. The molecule has 30 heavy (non-hydrogen) atoms. The molecule has 1 aliphatic carbocycles. The predicted octanol–water partition coefficient (Wildman–Crippen LogP) is 3.22. The van der Waals surface area contributed by atoms with E-state index in [4.69, 9.17) is 0 Å². The number of hydrogen-bond donors (Lipinski definition) is 1. The molecule has 0 radical (unpaired) electrons. The lowest BCUT2D eigenvalue weighted by molar-refractivity contribution is -0.274. The highest BCUT2D eigenvalue weighted by Gasteiger charge is 2.55. The van der Waals surface area contributed by atoms with Crippen LogP contribution in [0, 0.1) is 24.7 Å². The molecule has 0 bridgehead atoms. The summed E-state index contributed by atoms with van der Waals surface area (Å²) in [4.78, 5) is 14.7. The van der Waals surface area contributed by atoms with Crippen molar-refractivity contribution in [3.63, 3.8) is 0 Å². The molecule has 1 saturated carbocycles. The number of ether oxygens (including phenoxy) is 1. The van der Waals surface area contributed by atoms with Crippen LogP contribution in [0.3, 0.4) is 0 Å². The number of amides is 1. The lowest BCUT2D eigenvalue weighted by atomic mass is 10.2. The molecule has 1 aliphatic heterocycles. The SMILES string of the molecule is CCn1ncc(CN2CC3C(CNC(=O)c4cccc(OC(F)(F)F)c4)C3C2)c1C. The molecule has 2 aromatic rings. The number of hydrogen-bond acceptors (Lipinski definition) is 4. The molecule has 2 atom stereocenters. The summed E-state index contributed by atoms with van der Waals surface area (Å²) < 4.78 is 42.9. The van der Waals surface area contributed by atoms with Crippen molar-refractivity contribution in [2.45, 2.75) is 33.3 Å². The number of likely N-dealkylation sites (tertiary alicyclic amines) is 1. The van der Waals surface area contributed by atoms with Gasteiger partial charge in [0, 0.05) is 49.5 Å². The topological polar surface area (TPSA) is 59.4 Å². The molecule has 1 amide bonds. The normalized spacial score (nSPS) is 23.3. The van der Waals surface area contributed by atoms with E-state index in [-0.39, 0.29) is 11.5 Å². The van der Waals surface area contributed by atoms with Crippen molar-refractivity contribution in [1.29, 1.82) is 0 Å². The summed E-state index contributed by atoms with van der Waals surface area (Å²) in [5.41, 5.74) is 2.62. The molecule has 4 rings (SSSR count). The fourth-order valence-electron chi connectivity index (χ4n) is 4.52. The van der Waals surface area contributed by atoms with E-state index in [1.54, 1.807) is 0 Å². The lowest BCUT2D eigenvalue weighted by Gasteiger charge is -2.19. The van der Waals surface area contributed by atoms with Gasteiger partial charge in [-0.3, -0.25) is 14.4 Å². The van der Waals surface area contributed by atoms with E-state index < -0.39 is 12.1 Å². The zero-order valence-corrected chi connectivity index (χ0v) is 16.9. The van der Waals surface area contributed by atoms with Gasteiger partial charge in [0.15, 0.2) is 0 Å². The van der Waals surface area contributed by atoms with E-state index in [9.17, 15) is 18.0 Å². The number of aryl methyl sites for hydroxylation is 1. The van der Waals surface area contributed by atoms with Gasteiger partial charge in [0.25, 0.3) is 5.91 Å². The number of nitrogens with one attached hydrogen (secondary N) is 1. The van der Waals surface area contributed by atoms with E-state index in [1.165, 1.54) is 29.5 Å². The number of aromatic nitrogens is 2. The summed E-state index contributed by atoms with van der Waals surface area (Å²) in [6.45, 7) is 8.46. The first kappa shape index (κ1) is 20.7. The number of carbonyl (C=O) groups excluding carboxylic acids is 1. The van der Waals surface area contributed by atoms with E-state index >= 15 is 0 Å². The number of piperidine rings is 1. The lowest BCUT2D eigenvalue weighted by Crippen LogP contribution is -2.30. The number of halogens is 3. The van der Waals surface area contributed by atoms with Gasteiger partial charge < -0.3 is 10.1 Å². The second kappa shape index (κ2) is 7.94. The summed E-state index contributed by atoms with van der Waals surface area (Å²) in [6.07, 6.45) is -2.84. The predicted molar refractivity (Wildman–Crippen MR) is 104 cm³/mol. The van der Waals surface area contributed by atoms with Gasteiger partial charge in [0.05, 0.1) is 6.20 Å². The fraction of sp³-hybridized carbons (Fsp3) is 0.524. The van der Waals surface area contributed by atoms with Gasteiger partial charge in [0.1, 0.15) is 5.75 Å². The third kappa shape index (κ3) is 4.45. The van der Waals surface area contributed by atoms with Crippen molar-refractivity contribution < 1.29 is 22.7 Å². The van der Waals surface area contributed by atoms with Crippen LogP contribution in [0.2, 0.25) is 0 Å². The molecular formula is C21H25F3N4O2. The van der Waals surface area contributed by atoms with Crippen molar-refractivity contribution in [3.05, 3.63) is 47.3 Å². The minimum absolute atomic E-state index is 0.160. The first-order valence-corrected chi connectivity index (χ1v) is 10.1. The third-order valence-corrected chi connectivity index (χ3v) is 6.17. The van der Waals surface area contributed by atoms with Crippen LogP contribution >= 0.6 is 0 Å². The van der Waals surface area contributed by atoms with E-state index in [0.717, 1.165) is 32.2 Å². The Labute approximate surface area is 173 Å². The molecule has 2 unspecified atom stereocenters. The minimum Gasteiger partial charge on any atom is -0.406 e. The Morgan fingerprint density at radius 3 is 2.67 bits per heavy atom. The molecule has 1 aromatic carbocycles. The van der Waals surface area contributed by atoms with E-state index in [0.29, 0.717) is 24.3 Å². The molecule has 1 saturated heterocycles. The summed E-state index contributed by atoms with van der Waals surface area (Å²) >= 11 is 0. The van der Waals surface area contributed by atoms with Crippen LogP contribution < -0.4 is 10.1 Å². The molecule has 2 fully saturated rings. The minimum atomic E-state index is -4.78. The first-order chi connectivity index (χ1) is 14.2. The summed E-state index contributed by atoms with van der Waals surface area (Å²) in [5, 5.41) is 7.25. The van der Waals surface area contributed by atoms with Crippen LogP contribution in [0.25, 0.3) is 0 Å². The molecule has 0 spiro atoms. The quantitative estimate of drug-likeness (QED) is 0.745. The standard InChI is InChI=1S/C21H25F3N4O2/c1-3-28-13(2)15(8-26-28)10-27-11-18-17(19(18)12-27)9-25-20(29)14-5-4-6-16(7-14)30-21(22,23)24/h4-8,17-19H,3,9-12H2,1-2H3,(H,25,29). The Bertz CT molecular complexity index is 915. The second-order valence-electron chi connectivity index (χ2n) is 8.04. The maximum absolute atomic E-state index is 12.3. The van der Waals surface area contributed by atoms with Crippen LogP contribution in [-0.4, -0.2) is 46.6 Å². The van der Waals surface area contributed by atoms with Gasteiger partial charge >= 0.3 is 6.36 Å². The van der Waals surface area contributed by atoms with Crippen molar-refractivity contribution in [3.8, 4) is 5.75 Å². The van der Waals surface area contributed by atoms with Gasteiger partial charge in [-0.05, 0) is 49.8 Å². The maximum Gasteiger partial charge on any atom is 0.573 e. The van der Waals surface area contributed by atoms with E-state index in [2.05, 4.69) is 33.9 Å². The molecule has 1 aromatic heterocycles. The van der Waals surface area contributed by atoms with Crippen LogP contribution in [0.15, 0.2) is 30.5 Å². The van der Waals surface area contributed by atoms with Gasteiger partial charge in [-0.1, -0.05) is 6.07 Å². The highest BCUT2D eigenvalue weighted by molar-refractivity contribution is 5.94. The van der Waals surface area contributed by atoms with Crippen LogP contribution in [-0.2, 0) is 13.1 Å². The second-order valence-corrected chi connectivity index (χ2v) is 8.04. The molecule has 9 heteroatoms. The third-order valence-electron chi connectivity index (χ3n) is 6.17. The molecule has 1 N–H and O–H groups in total. The van der Waals surface area contributed by atoms with E-state index in [1.807, 2.05) is 10.9 Å². The first-order valence-electron chi connectivity index (χ1n) is 10.1. The Balaban J connectivity index is 1.24. The number of rotatable bonds is 7. The van der Waals surface area contributed by atoms with Crippen molar-refractivity contribution in [2.24, 2.45) is 17.8 Å². The summed E-state index contributed by atoms with van der Waals surface area (Å²) in [6, 6.07) is 5.14. The smallest absolute Gasteiger partial charge is 0.406 e. The van der Waals surface area contributed by atoms with Crippen LogP contribution in [0.1, 0.15) is 28.5 Å². The zero-order chi connectivity index (χ0) is 21.5. The highest BCUT2D eigenvalue weighted by Crippen LogP contribution is 2.51. The molecule has 162 valence electrons. The molecule has 2 aliphatic rings. The van der Waals surface area contributed by atoms with Gasteiger partial charge in [0.2, 0.25) is 0 Å². The van der Waals surface area contributed by atoms with Gasteiger partial charge in [-0.25, -0.2) is 0 Å². The Kier molecular flexibility index (Phi) is 5.48. The average Bonchev–Trinajstić information content (AvgIpc) is 2.99.